The van der Waals surface area contributed by atoms with Crippen molar-refractivity contribution in [1.29, 1.82) is 0 Å². The van der Waals surface area contributed by atoms with Crippen LogP contribution in [-0.2, 0) is 21.3 Å². The zero-order valence-electron chi connectivity index (χ0n) is 18.4. The fraction of sp³-hybridized carbons (Fsp3) is 0.522. The first-order valence-electron chi connectivity index (χ1n) is 11.2. The van der Waals surface area contributed by atoms with Gasteiger partial charge in [-0.15, -0.1) is 0 Å². The van der Waals surface area contributed by atoms with Gasteiger partial charge in [-0.25, -0.2) is 22.5 Å². The van der Waals surface area contributed by atoms with Crippen molar-refractivity contribution in [2.24, 2.45) is 0 Å². The van der Waals surface area contributed by atoms with Gasteiger partial charge in [-0.2, -0.15) is 0 Å². The van der Waals surface area contributed by atoms with Gasteiger partial charge in [-0.3, -0.25) is 4.90 Å². The molecule has 1 aliphatic heterocycles. The molecule has 174 valence electrons. The molecular weight excluding hydrogens is 431 g/mol. The number of nitrogens with zero attached hydrogens (tertiary/aromatic N) is 3. The summed E-state index contributed by atoms with van der Waals surface area (Å²) in [6.45, 7) is 3.59. The lowest BCUT2D eigenvalue weighted by Crippen LogP contribution is -2.42. The zero-order chi connectivity index (χ0) is 22.6. The number of sulfonamides is 1. The van der Waals surface area contributed by atoms with E-state index in [4.69, 9.17) is 4.74 Å². The number of morpholine rings is 1. The van der Waals surface area contributed by atoms with Crippen molar-refractivity contribution in [2.75, 3.05) is 38.3 Å². The van der Waals surface area contributed by atoms with E-state index in [1.807, 2.05) is 12.1 Å². The number of hydrogen-bond donors (Lipinski definition) is 1. The van der Waals surface area contributed by atoms with Gasteiger partial charge in [0.2, 0.25) is 10.0 Å². The van der Waals surface area contributed by atoms with Crippen LogP contribution in [0.1, 0.15) is 31.2 Å². The lowest BCUT2D eigenvalue weighted by atomic mass is 9.91. The van der Waals surface area contributed by atoms with Gasteiger partial charge in [0.25, 0.3) is 0 Å². The summed E-state index contributed by atoms with van der Waals surface area (Å²) in [7, 11) is -1.53. The van der Waals surface area contributed by atoms with Crippen molar-refractivity contribution in [1.82, 2.24) is 14.6 Å². The van der Waals surface area contributed by atoms with Crippen LogP contribution < -0.4 is 9.62 Å². The molecule has 1 saturated carbocycles. The Balaban J connectivity index is 1.28. The van der Waals surface area contributed by atoms with E-state index in [0.29, 0.717) is 19.3 Å². The monoisotopic (exact) mass is 462 g/mol. The molecule has 32 heavy (non-hydrogen) atoms. The van der Waals surface area contributed by atoms with E-state index in [-0.39, 0.29) is 16.8 Å². The van der Waals surface area contributed by atoms with Gasteiger partial charge in [0, 0.05) is 37.9 Å². The fourth-order valence-electron chi connectivity index (χ4n) is 4.44. The van der Waals surface area contributed by atoms with E-state index in [2.05, 4.69) is 26.6 Å². The molecule has 2 heterocycles. The van der Waals surface area contributed by atoms with Crippen LogP contribution in [0.3, 0.4) is 0 Å². The average Bonchev–Trinajstić information content (AvgIpc) is 2.81. The van der Waals surface area contributed by atoms with Gasteiger partial charge in [0.15, 0.2) is 0 Å². The van der Waals surface area contributed by atoms with E-state index in [1.165, 1.54) is 18.3 Å². The summed E-state index contributed by atoms with van der Waals surface area (Å²) in [5, 5.41) is 0. The lowest BCUT2D eigenvalue weighted by molar-refractivity contribution is 0.122. The molecule has 0 radical (unpaired) electrons. The van der Waals surface area contributed by atoms with E-state index >= 15 is 0 Å². The molecule has 2 aromatic rings. The molecule has 1 aromatic carbocycles. The van der Waals surface area contributed by atoms with E-state index < -0.39 is 10.0 Å². The van der Waals surface area contributed by atoms with E-state index in [9.17, 15) is 12.8 Å². The van der Waals surface area contributed by atoms with Crippen molar-refractivity contribution < 1.29 is 17.5 Å². The highest BCUT2D eigenvalue weighted by molar-refractivity contribution is 7.89. The Hall–Kier alpha value is -2.07. The molecule has 0 spiro atoms. The molecule has 0 amide bonds. The van der Waals surface area contributed by atoms with Crippen LogP contribution in [0.4, 0.5) is 10.2 Å². The van der Waals surface area contributed by atoms with Crippen LogP contribution in [0.25, 0.3) is 0 Å². The van der Waals surface area contributed by atoms with Crippen molar-refractivity contribution in [3.63, 3.8) is 0 Å². The first-order chi connectivity index (χ1) is 15.4. The van der Waals surface area contributed by atoms with Crippen molar-refractivity contribution >= 4 is 15.8 Å². The lowest BCUT2D eigenvalue weighted by Gasteiger charge is -2.35. The highest BCUT2D eigenvalue weighted by atomic mass is 32.2. The maximum atomic E-state index is 13.1. The normalized spacial score (nSPS) is 22.3. The van der Waals surface area contributed by atoms with Crippen LogP contribution >= 0.6 is 0 Å². The highest BCUT2D eigenvalue weighted by Crippen LogP contribution is 2.25. The number of hydrogen-bond acceptors (Lipinski definition) is 6. The summed E-state index contributed by atoms with van der Waals surface area (Å²) in [6, 6.07) is 10.3. The number of ether oxygens (including phenoxy) is 1. The fourth-order valence-corrected chi connectivity index (χ4v) is 5.69. The van der Waals surface area contributed by atoms with Crippen LogP contribution in [0.15, 0.2) is 47.5 Å². The zero-order valence-corrected chi connectivity index (χ0v) is 19.2. The molecule has 1 aliphatic carbocycles. The maximum Gasteiger partial charge on any atom is 0.242 e. The number of pyridine rings is 1. The highest BCUT2D eigenvalue weighted by Gasteiger charge is 2.28. The summed E-state index contributed by atoms with van der Waals surface area (Å²) in [4.78, 5) is 8.93. The molecule has 0 bridgehead atoms. The van der Waals surface area contributed by atoms with Gasteiger partial charge in [-0.1, -0.05) is 12.1 Å². The smallest absolute Gasteiger partial charge is 0.242 e. The third-order valence-corrected chi connectivity index (χ3v) is 7.86. The summed E-state index contributed by atoms with van der Waals surface area (Å²) < 4.78 is 47.0. The number of aromatic nitrogens is 1. The number of anilines is 1. The Morgan fingerprint density at radius 1 is 1.09 bits per heavy atom. The number of halogens is 1. The molecular formula is C23H31FN4O3S. The Morgan fingerprint density at radius 2 is 1.78 bits per heavy atom. The van der Waals surface area contributed by atoms with Gasteiger partial charge >= 0.3 is 0 Å². The van der Waals surface area contributed by atoms with Crippen LogP contribution in [0.2, 0.25) is 0 Å². The third-order valence-electron chi connectivity index (χ3n) is 6.35. The van der Waals surface area contributed by atoms with Gasteiger partial charge in [-0.05, 0) is 62.6 Å². The predicted octanol–water partition coefficient (Wildman–Crippen LogP) is 2.78. The Labute approximate surface area is 189 Å². The standard InChI is InChI=1S/C23H31FN4O3S/c1-27(17-18-2-4-19(24)5-3-18)21-8-6-20(7-9-21)26-32(29,30)22-10-11-23(25-16-22)28-12-14-31-15-13-28/h2-5,10-11,16,20-21,26H,6-9,12-15,17H2,1H3/t20-,21-. The summed E-state index contributed by atoms with van der Waals surface area (Å²) >= 11 is 0. The first kappa shape index (κ1) is 23.1. The second-order valence-corrected chi connectivity index (χ2v) is 10.3. The molecule has 9 heteroatoms. The van der Waals surface area contributed by atoms with Crippen LogP contribution in [0, 0.1) is 5.82 Å². The molecule has 1 saturated heterocycles. The molecule has 4 rings (SSSR count). The Bertz CT molecular complexity index is 971. The number of benzene rings is 1. The number of rotatable bonds is 7. The largest absolute Gasteiger partial charge is 0.378 e. The molecule has 2 aliphatic rings. The second-order valence-electron chi connectivity index (χ2n) is 8.62. The van der Waals surface area contributed by atoms with E-state index in [0.717, 1.165) is 56.7 Å². The minimum atomic E-state index is -3.60. The minimum absolute atomic E-state index is 0.0746. The van der Waals surface area contributed by atoms with Crippen molar-refractivity contribution in [2.45, 2.75) is 49.2 Å². The van der Waals surface area contributed by atoms with Gasteiger partial charge in [0.1, 0.15) is 16.5 Å². The van der Waals surface area contributed by atoms with E-state index in [1.54, 1.807) is 12.1 Å². The Morgan fingerprint density at radius 3 is 2.41 bits per heavy atom. The Kier molecular flexibility index (Phi) is 7.40. The topological polar surface area (TPSA) is 74.8 Å². The van der Waals surface area contributed by atoms with Crippen LogP contribution in [0.5, 0.6) is 0 Å². The molecule has 0 unspecified atom stereocenters. The summed E-state index contributed by atoms with van der Waals surface area (Å²) in [6.07, 6.45) is 4.85. The van der Waals surface area contributed by atoms with Gasteiger partial charge in [0.05, 0.1) is 13.2 Å². The maximum absolute atomic E-state index is 13.1. The minimum Gasteiger partial charge on any atom is -0.378 e. The SMILES string of the molecule is CN(Cc1ccc(F)cc1)[C@H]1CC[C@H](NS(=O)(=O)c2ccc(N3CCOCC3)nc2)CC1. The molecule has 0 atom stereocenters. The summed E-state index contributed by atoms with van der Waals surface area (Å²) in [5.41, 5.74) is 1.07. The van der Waals surface area contributed by atoms with Gasteiger partial charge < -0.3 is 9.64 Å². The second kappa shape index (κ2) is 10.2. The quantitative estimate of drug-likeness (QED) is 0.682. The third kappa shape index (κ3) is 5.83. The predicted molar refractivity (Wildman–Crippen MR) is 122 cm³/mol. The van der Waals surface area contributed by atoms with Crippen molar-refractivity contribution in [3.8, 4) is 0 Å². The average molecular weight is 463 g/mol. The number of nitrogens with one attached hydrogen (secondary N) is 1. The molecule has 1 aromatic heterocycles. The summed E-state index contributed by atoms with van der Waals surface area (Å²) in [5.74, 6) is 0.548. The first-order valence-corrected chi connectivity index (χ1v) is 12.6. The molecule has 2 fully saturated rings. The molecule has 1 N–H and O–H groups in total. The molecule has 7 nitrogen and oxygen atoms in total. The van der Waals surface area contributed by atoms with Crippen molar-refractivity contribution in [3.05, 3.63) is 54.0 Å². The van der Waals surface area contributed by atoms with Crippen LogP contribution in [-0.4, -0.2) is 63.7 Å².